The Hall–Kier alpha value is -1.04. The maximum Gasteiger partial charge on any atom is 0.129 e. The maximum atomic E-state index is 13.5. The van der Waals surface area contributed by atoms with Gasteiger partial charge in [0.05, 0.1) is 6.10 Å². The Labute approximate surface area is 104 Å². The van der Waals surface area contributed by atoms with Gasteiger partial charge in [0.1, 0.15) is 11.6 Å². The maximum absolute atomic E-state index is 13.5. The van der Waals surface area contributed by atoms with E-state index in [1.54, 1.807) is 0 Å². The van der Waals surface area contributed by atoms with Crippen LogP contribution >= 0.6 is 0 Å². The fourth-order valence-corrected chi connectivity index (χ4v) is 2.42. The molecule has 0 radical (unpaired) electrons. The molecule has 1 aromatic carbocycles. The summed E-state index contributed by atoms with van der Waals surface area (Å²) in [6, 6.07) is 3.41. The third kappa shape index (κ3) is 3.04. The lowest BCUT2D eigenvalue weighted by Crippen LogP contribution is -2.50. The molecule has 18 heavy (non-hydrogen) atoms. The molecule has 0 aliphatic carbocycles. The number of hydrogen-bond donors (Lipinski definition) is 3. The molecule has 0 saturated carbocycles. The minimum atomic E-state index is -0.595. The first-order chi connectivity index (χ1) is 8.60. The summed E-state index contributed by atoms with van der Waals surface area (Å²) >= 11 is 0. The number of hydrogen-bond acceptors (Lipinski definition) is 3. The van der Waals surface area contributed by atoms with Crippen LogP contribution in [-0.2, 0) is 6.42 Å². The normalized spacial score (nSPS) is 28.3. The Bertz CT molecular complexity index is 414. The van der Waals surface area contributed by atoms with Gasteiger partial charge in [-0.05, 0) is 24.5 Å². The van der Waals surface area contributed by atoms with Crippen LogP contribution in [0.3, 0.4) is 0 Å². The van der Waals surface area contributed by atoms with Crippen molar-refractivity contribution in [3.63, 3.8) is 0 Å². The van der Waals surface area contributed by atoms with Crippen molar-refractivity contribution in [1.29, 1.82) is 0 Å². The Morgan fingerprint density at radius 1 is 1.33 bits per heavy atom. The number of nitrogens with one attached hydrogen (secondary N) is 1. The van der Waals surface area contributed by atoms with Gasteiger partial charge in [-0.15, -0.1) is 0 Å². The Balaban J connectivity index is 2.07. The van der Waals surface area contributed by atoms with Crippen LogP contribution in [0.1, 0.15) is 12.0 Å². The first-order valence-electron chi connectivity index (χ1n) is 6.06. The average molecular weight is 257 g/mol. The minimum absolute atomic E-state index is 0.0580. The van der Waals surface area contributed by atoms with Gasteiger partial charge in [-0.3, -0.25) is 0 Å². The molecule has 3 N–H and O–H groups in total. The van der Waals surface area contributed by atoms with Crippen LogP contribution in [0.2, 0.25) is 0 Å². The summed E-state index contributed by atoms with van der Waals surface area (Å²) in [5.41, 5.74) is 0.420. The van der Waals surface area contributed by atoms with Crippen LogP contribution in [0, 0.1) is 17.6 Å². The molecule has 5 heteroatoms. The lowest BCUT2D eigenvalue weighted by Gasteiger charge is -2.34. The highest BCUT2D eigenvalue weighted by molar-refractivity contribution is 5.20. The van der Waals surface area contributed by atoms with Crippen LogP contribution in [-0.4, -0.2) is 35.5 Å². The molecule has 100 valence electrons. The topological polar surface area (TPSA) is 52.5 Å². The molecule has 1 aromatic rings. The van der Waals surface area contributed by atoms with Gasteiger partial charge in [-0.25, -0.2) is 8.78 Å². The standard InChI is InChI=1S/C13H17F2NO2/c14-10-2-1-8(12(15)5-10)4-13-9(7-17)3-11(18)6-16-13/h1-2,5,9,11,13,16-18H,3-4,6-7H2/t9-,11-,13-/m0/s1. The van der Waals surface area contributed by atoms with Crippen molar-refractivity contribution in [3.05, 3.63) is 35.4 Å². The molecule has 1 saturated heterocycles. The van der Waals surface area contributed by atoms with Crippen LogP contribution in [0.4, 0.5) is 8.78 Å². The molecule has 2 rings (SSSR count). The Morgan fingerprint density at radius 2 is 2.11 bits per heavy atom. The van der Waals surface area contributed by atoms with E-state index in [9.17, 15) is 19.0 Å². The van der Waals surface area contributed by atoms with E-state index in [1.807, 2.05) is 0 Å². The van der Waals surface area contributed by atoms with Crippen LogP contribution < -0.4 is 5.32 Å². The highest BCUT2D eigenvalue weighted by Crippen LogP contribution is 2.21. The molecule has 0 aromatic heterocycles. The van der Waals surface area contributed by atoms with Gasteiger partial charge in [0.2, 0.25) is 0 Å². The number of aliphatic hydroxyl groups excluding tert-OH is 2. The zero-order valence-electron chi connectivity index (χ0n) is 9.94. The fourth-order valence-electron chi connectivity index (χ4n) is 2.42. The van der Waals surface area contributed by atoms with E-state index >= 15 is 0 Å². The van der Waals surface area contributed by atoms with E-state index in [0.29, 0.717) is 24.9 Å². The van der Waals surface area contributed by atoms with Gasteiger partial charge in [-0.1, -0.05) is 6.07 Å². The van der Waals surface area contributed by atoms with Gasteiger partial charge in [0.15, 0.2) is 0 Å². The Morgan fingerprint density at radius 3 is 2.78 bits per heavy atom. The van der Waals surface area contributed by atoms with E-state index in [-0.39, 0.29) is 18.6 Å². The zero-order chi connectivity index (χ0) is 13.1. The summed E-state index contributed by atoms with van der Waals surface area (Å²) in [4.78, 5) is 0. The lowest BCUT2D eigenvalue weighted by atomic mass is 9.86. The number of β-amino-alcohol motifs (C(OH)–C–C–N with tert-alkyl or cyclic N) is 1. The van der Waals surface area contributed by atoms with Crippen molar-refractivity contribution in [2.45, 2.75) is 25.0 Å². The average Bonchev–Trinajstić information content (AvgIpc) is 2.34. The molecule has 0 amide bonds. The molecule has 1 fully saturated rings. The minimum Gasteiger partial charge on any atom is -0.396 e. The molecule has 3 nitrogen and oxygen atoms in total. The van der Waals surface area contributed by atoms with Gasteiger partial charge in [0.25, 0.3) is 0 Å². The van der Waals surface area contributed by atoms with E-state index in [2.05, 4.69) is 5.32 Å². The highest BCUT2D eigenvalue weighted by atomic mass is 19.1. The number of halogens is 2. The number of piperidine rings is 1. The smallest absolute Gasteiger partial charge is 0.129 e. The SMILES string of the molecule is OC[C@@H]1C[C@H](O)CN[C@H]1Cc1ccc(F)cc1F. The molecule has 1 heterocycles. The predicted octanol–water partition coefficient (Wildman–Crippen LogP) is 0.839. The van der Waals surface area contributed by atoms with Crippen molar-refractivity contribution in [2.24, 2.45) is 5.92 Å². The molecular formula is C13H17F2NO2. The lowest BCUT2D eigenvalue weighted by molar-refractivity contribution is 0.0614. The van der Waals surface area contributed by atoms with Gasteiger partial charge in [0, 0.05) is 31.2 Å². The van der Waals surface area contributed by atoms with Crippen molar-refractivity contribution in [3.8, 4) is 0 Å². The van der Waals surface area contributed by atoms with E-state index < -0.39 is 17.7 Å². The second-order valence-electron chi connectivity index (χ2n) is 4.79. The first kappa shape index (κ1) is 13.4. The summed E-state index contributed by atoms with van der Waals surface area (Å²) in [7, 11) is 0. The Kier molecular flexibility index (Phi) is 4.27. The number of aliphatic hydroxyl groups is 2. The van der Waals surface area contributed by atoms with Crippen LogP contribution in [0.5, 0.6) is 0 Å². The second kappa shape index (κ2) is 5.73. The zero-order valence-corrected chi connectivity index (χ0v) is 9.94. The third-order valence-corrected chi connectivity index (χ3v) is 3.45. The molecule has 0 bridgehead atoms. The summed E-state index contributed by atoms with van der Waals surface area (Å²) in [6.07, 6.45) is 0.401. The summed E-state index contributed by atoms with van der Waals surface area (Å²) in [6.45, 7) is 0.377. The van der Waals surface area contributed by atoms with Crippen molar-refractivity contribution in [2.75, 3.05) is 13.2 Å². The molecular weight excluding hydrogens is 240 g/mol. The molecule has 0 unspecified atom stereocenters. The number of benzene rings is 1. The van der Waals surface area contributed by atoms with Crippen LogP contribution in [0.25, 0.3) is 0 Å². The van der Waals surface area contributed by atoms with E-state index in [0.717, 1.165) is 6.07 Å². The predicted molar refractivity (Wildman–Crippen MR) is 63.1 cm³/mol. The van der Waals surface area contributed by atoms with Crippen molar-refractivity contribution >= 4 is 0 Å². The van der Waals surface area contributed by atoms with E-state index in [4.69, 9.17) is 0 Å². The summed E-state index contributed by atoms with van der Waals surface area (Å²) in [5.74, 6) is -1.28. The highest BCUT2D eigenvalue weighted by Gasteiger charge is 2.29. The first-order valence-corrected chi connectivity index (χ1v) is 6.06. The summed E-state index contributed by atoms with van der Waals surface area (Å²) in [5, 5.41) is 21.8. The third-order valence-electron chi connectivity index (χ3n) is 3.45. The second-order valence-corrected chi connectivity index (χ2v) is 4.79. The number of rotatable bonds is 3. The largest absolute Gasteiger partial charge is 0.396 e. The summed E-state index contributed by atoms with van der Waals surface area (Å²) < 4.78 is 26.3. The van der Waals surface area contributed by atoms with Gasteiger partial charge in [-0.2, -0.15) is 0 Å². The molecule has 1 aliphatic rings. The van der Waals surface area contributed by atoms with Crippen molar-refractivity contribution in [1.82, 2.24) is 5.32 Å². The molecule has 0 spiro atoms. The van der Waals surface area contributed by atoms with Gasteiger partial charge >= 0.3 is 0 Å². The van der Waals surface area contributed by atoms with Gasteiger partial charge < -0.3 is 15.5 Å². The fraction of sp³-hybridized carbons (Fsp3) is 0.538. The quantitative estimate of drug-likeness (QED) is 0.752. The molecule has 3 atom stereocenters. The monoisotopic (exact) mass is 257 g/mol. The molecule has 1 aliphatic heterocycles. The van der Waals surface area contributed by atoms with Crippen LogP contribution in [0.15, 0.2) is 18.2 Å². The van der Waals surface area contributed by atoms with Crippen molar-refractivity contribution < 1.29 is 19.0 Å². The van der Waals surface area contributed by atoms with E-state index in [1.165, 1.54) is 12.1 Å².